The molecule has 1 atom stereocenters. The number of hydrogen-bond donors (Lipinski definition) is 0. The van der Waals surface area contributed by atoms with Crippen molar-refractivity contribution in [1.29, 1.82) is 0 Å². The molecule has 4 rings (SSSR count). The molecule has 0 bridgehead atoms. The zero-order chi connectivity index (χ0) is 17.6. The molecule has 3 heterocycles. The Morgan fingerprint density at radius 3 is 2.72 bits per heavy atom. The number of piperidine rings is 1. The van der Waals surface area contributed by atoms with Crippen LogP contribution in [0.3, 0.4) is 0 Å². The normalized spacial score (nSPS) is 21.6. The highest BCUT2D eigenvalue weighted by Gasteiger charge is 2.32. The van der Waals surface area contributed by atoms with Crippen LogP contribution in [0.25, 0.3) is 0 Å². The van der Waals surface area contributed by atoms with Gasteiger partial charge in [0.15, 0.2) is 5.82 Å². The molecular weight excluding hydrogens is 322 g/mol. The van der Waals surface area contributed by atoms with Crippen molar-refractivity contribution in [2.24, 2.45) is 14.1 Å². The van der Waals surface area contributed by atoms with Crippen molar-refractivity contribution in [2.45, 2.75) is 44.1 Å². The van der Waals surface area contributed by atoms with Crippen LogP contribution >= 0.6 is 0 Å². The number of hydrogen-bond acceptors (Lipinski definition) is 6. The van der Waals surface area contributed by atoms with Gasteiger partial charge in [0.1, 0.15) is 0 Å². The molecule has 1 saturated heterocycles. The first-order valence-electron chi connectivity index (χ1n) is 8.84. The summed E-state index contributed by atoms with van der Waals surface area (Å²) in [4.78, 5) is 30.8. The fourth-order valence-electron chi connectivity index (χ4n) is 3.48. The van der Waals surface area contributed by atoms with Gasteiger partial charge in [-0.25, -0.2) is 4.79 Å². The van der Waals surface area contributed by atoms with Crippen LogP contribution in [0.15, 0.2) is 20.2 Å². The van der Waals surface area contributed by atoms with Gasteiger partial charge in [0.25, 0.3) is 5.56 Å². The fraction of sp³-hybridized carbons (Fsp3) is 0.647. The standard InChI is InChI=1S/C17H23N5O3/c1-20-13(8-14(23)21(2)17(20)24)10-22-7-3-4-12(9-22)15-18-16(25-19-15)11-5-6-11/h8,11-12H,3-7,9-10H2,1-2H3/t12-/m1/s1. The molecule has 2 aromatic heterocycles. The van der Waals surface area contributed by atoms with E-state index >= 15 is 0 Å². The molecule has 2 aromatic rings. The lowest BCUT2D eigenvalue weighted by molar-refractivity contribution is 0.190. The highest BCUT2D eigenvalue weighted by atomic mass is 16.5. The van der Waals surface area contributed by atoms with Gasteiger partial charge in [0.2, 0.25) is 5.89 Å². The first kappa shape index (κ1) is 16.3. The van der Waals surface area contributed by atoms with Gasteiger partial charge in [-0.2, -0.15) is 4.98 Å². The molecule has 25 heavy (non-hydrogen) atoms. The number of aromatic nitrogens is 4. The fourth-order valence-corrected chi connectivity index (χ4v) is 3.48. The van der Waals surface area contributed by atoms with Gasteiger partial charge in [-0.1, -0.05) is 5.16 Å². The van der Waals surface area contributed by atoms with E-state index in [1.54, 1.807) is 17.7 Å². The average Bonchev–Trinajstić information content (AvgIpc) is 3.35. The molecule has 1 aliphatic heterocycles. The quantitative estimate of drug-likeness (QED) is 0.812. The van der Waals surface area contributed by atoms with Gasteiger partial charge in [-0.3, -0.25) is 18.8 Å². The molecule has 0 aromatic carbocycles. The van der Waals surface area contributed by atoms with Crippen LogP contribution in [0.5, 0.6) is 0 Å². The summed E-state index contributed by atoms with van der Waals surface area (Å²) >= 11 is 0. The summed E-state index contributed by atoms with van der Waals surface area (Å²) in [6, 6.07) is 1.55. The molecule has 1 saturated carbocycles. The molecule has 0 unspecified atom stereocenters. The van der Waals surface area contributed by atoms with Crippen molar-refractivity contribution in [3.63, 3.8) is 0 Å². The minimum atomic E-state index is -0.289. The lowest BCUT2D eigenvalue weighted by Gasteiger charge is -2.31. The highest BCUT2D eigenvalue weighted by molar-refractivity contribution is 5.07. The van der Waals surface area contributed by atoms with Crippen LogP contribution in [0.1, 0.15) is 54.9 Å². The molecule has 2 fully saturated rings. The maximum absolute atomic E-state index is 12.1. The maximum atomic E-state index is 12.1. The van der Waals surface area contributed by atoms with E-state index in [1.165, 1.54) is 7.05 Å². The topological polar surface area (TPSA) is 86.2 Å². The van der Waals surface area contributed by atoms with E-state index in [-0.39, 0.29) is 17.2 Å². The Kier molecular flexibility index (Phi) is 4.07. The smallest absolute Gasteiger partial charge is 0.330 e. The van der Waals surface area contributed by atoms with Crippen molar-refractivity contribution < 1.29 is 4.52 Å². The first-order chi connectivity index (χ1) is 12.0. The summed E-state index contributed by atoms with van der Waals surface area (Å²) in [5, 5.41) is 4.18. The molecule has 2 aliphatic rings. The Hall–Kier alpha value is -2.22. The van der Waals surface area contributed by atoms with E-state index in [1.807, 2.05) is 0 Å². The predicted octanol–water partition coefficient (Wildman–Crippen LogP) is 0.724. The third kappa shape index (κ3) is 3.18. The van der Waals surface area contributed by atoms with E-state index in [4.69, 9.17) is 4.52 Å². The zero-order valence-electron chi connectivity index (χ0n) is 14.6. The van der Waals surface area contributed by atoms with Crippen molar-refractivity contribution >= 4 is 0 Å². The monoisotopic (exact) mass is 345 g/mol. The van der Waals surface area contributed by atoms with E-state index in [9.17, 15) is 9.59 Å². The van der Waals surface area contributed by atoms with Gasteiger partial charge in [0, 0.05) is 50.8 Å². The Bertz CT molecular complexity index is 892. The molecule has 0 radical (unpaired) electrons. The Labute approximate surface area is 145 Å². The molecule has 134 valence electrons. The van der Waals surface area contributed by atoms with Crippen molar-refractivity contribution in [3.05, 3.63) is 44.3 Å². The molecule has 0 N–H and O–H groups in total. The van der Waals surface area contributed by atoms with Crippen LogP contribution in [0.2, 0.25) is 0 Å². The van der Waals surface area contributed by atoms with Gasteiger partial charge >= 0.3 is 5.69 Å². The van der Waals surface area contributed by atoms with Gasteiger partial charge in [-0.05, 0) is 32.2 Å². The predicted molar refractivity (Wildman–Crippen MR) is 90.4 cm³/mol. The summed E-state index contributed by atoms with van der Waals surface area (Å²) in [7, 11) is 3.21. The van der Waals surface area contributed by atoms with Gasteiger partial charge in [0.05, 0.1) is 0 Å². The van der Waals surface area contributed by atoms with Crippen LogP contribution in [0, 0.1) is 0 Å². The van der Waals surface area contributed by atoms with Gasteiger partial charge < -0.3 is 4.52 Å². The summed E-state index contributed by atoms with van der Waals surface area (Å²) in [5.74, 6) is 2.29. The van der Waals surface area contributed by atoms with E-state index in [0.717, 1.165) is 60.7 Å². The number of rotatable bonds is 4. The summed E-state index contributed by atoms with van der Waals surface area (Å²) in [5.41, 5.74) is 0.183. The largest absolute Gasteiger partial charge is 0.339 e. The minimum Gasteiger partial charge on any atom is -0.339 e. The highest BCUT2D eigenvalue weighted by Crippen LogP contribution is 2.39. The second-order valence-corrected chi connectivity index (χ2v) is 7.21. The van der Waals surface area contributed by atoms with Crippen LogP contribution < -0.4 is 11.2 Å². The van der Waals surface area contributed by atoms with Crippen molar-refractivity contribution in [2.75, 3.05) is 13.1 Å². The Morgan fingerprint density at radius 1 is 1.16 bits per heavy atom. The maximum Gasteiger partial charge on any atom is 0.330 e. The molecule has 0 spiro atoms. The molecule has 0 amide bonds. The molecule has 8 nitrogen and oxygen atoms in total. The summed E-state index contributed by atoms with van der Waals surface area (Å²) in [6.45, 7) is 2.33. The average molecular weight is 345 g/mol. The Balaban J connectivity index is 1.50. The Morgan fingerprint density at radius 2 is 1.96 bits per heavy atom. The second-order valence-electron chi connectivity index (χ2n) is 7.21. The van der Waals surface area contributed by atoms with Gasteiger partial charge in [-0.15, -0.1) is 0 Å². The van der Waals surface area contributed by atoms with Crippen LogP contribution in [-0.2, 0) is 20.6 Å². The summed E-state index contributed by atoms with van der Waals surface area (Å²) in [6.07, 6.45) is 4.37. The molecular formula is C17H23N5O3. The zero-order valence-corrected chi connectivity index (χ0v) is 14.6. The summed E-state index contributed by atoms with van der Waals surface area (Å²) < 4.78 is 8.06. The van der Waals surface area contributed by atoms with E-state index in [2.05, 4.69) is 15.0 Å². The van der Waals surface area contributed by atoms with E-state index in [0.29, 0.717) is 12.5 Å². The van der Waals surface area contributed by atoms with Crippen molar-refractivity contribution in [1.82, 2.24) is 24.2 Å². The number of likely N-dealkylation sites (tertiary alicyclic amines) is 1. The SMILES string of the molecule is Cn1c(CN2CCC[C@@H](c3noc(C4CC4)n3)C2)cc(=O)n(C)c1=O. The van der Waals surface area contributed by atoms with E-state index < -0.39 is 0 Å². The lowest BCUT2D eigenvalue weighted by Crippen LogP contribution is -2.41. The third-order valence-corrected chi connectivity index (χ3v) is 5.27. The third-order valence-electron chi connectivity index (χ3n) is 5.27. The van der Waals surface area contributed by atoms with Crippen LogP contribution in [-0.4, -0.2) is 37.3 Å². The minimum absolute atomic E-state index is 0.244. The molecule has 1 aliphatic carbocycles. The second kappa shape index (κ2) is 6.25. The first-order valence-corrected chi connectivity index (χ1v) is 8.84. The number of nitrogens with zero attached hydrogens (tertiary/aromatic N) is 5. The molecule has 8 heteroatoms. The van der Waals surface area contributed by atoms with Crippen LogP contribution in [0.4, 0.5) is 0 Å². The van der Waals surface area contributed by atoms with Crippen molar-refractivity contribution in [3.8, 4) is 0 Å². The lowest BCUT2D eigenvalue weighted by atomic mass is 9.97.